The van der Waals surface area contributed by atoms with E-state index in [-0.39, 0.29) is 18.0 Å². The SMILES string of the molecule is CCCCCCC(CC=CCCCCCC[C@@H](C)C(=O)O)OC(C)=O. The topological polar surface area (TPSA) is 63.6 Å². The number of carbonyl (C=O) groups is 2. The van der Waals surface area contributed by atoms with Crippen LogP contribution in [0.2, 0.25) is 0 Å². The number of rotatable bonds is 16. The van der Waals surface area contributed by atoms with E-state index in [0.29, 0.717) is 0 Å². The average Bonchev–Trinajstić information content (AvgIpc) is 2.56. The average molecular weight is 355 g/mol. The highest BCUT2D eigenvalue weighted by molar-refractivity contribution is 5.69. The van der Waals surface area contributed by atoms with Gasteiger partial charge in [0.25, 0.3) is 0 Å². The van der Waals surface area contributed by atoms with E-state index >= 15 is 0 Å². The number of carboxylic acid groups (broad SMARTS) is 1. The summed E-state index contributed by atoms with van der Waals surface area (Å²) in [5.41, 5.74) is 0. The molecule has 25 heavy (non-hydrogen) atoms. The van der Waals surface area contributed by atoms with E-state index in [9.17, 15) is 9.59 Å². The lowest BCUT2D eigenvalue weighted by atomic mass is 10.0. The van der Waals surface area contributed by atoms with Crippen molar-refractivity contribution in [3.8, 4) is 0 Å². The minimum Gasteiger partial charge on any atom is -0.481 e. The van der Waals surface area contributed by atoms with Crippen molar-refractivity contribution in [3.63, 3.8) is 0 Å². The smallest absolute Gasteiger partial charge is 0.306 e. The second kappa shape index (κ2) is 16.2. The van der Waals surface area contributed by atoms with Crippen LogP contribution in [0.1, 0.15) is 97.8 Å². The molecule has 0 amide bonds. The van der Waals surface area contributed by atoms with Crippen LogP contribution in [0.15, 0.2) is 12.2 Å². The van der Waals surface area contributed by atoms with E-state index in [0.717, 1.165) is 57.8 Å². The van der Waals surface area contributed by atoms with Gasteiger partial charge in [0.2, 0.25) is 0 Å². The lowest BCUT2D eigenvalue weighted by Crippen LogP contribution is -2.15. The zero-order valence-electron chi connectivity index (χ0n) is 16.5. The van der Waals surface area contributed by atoms with Crippen LogP contribution in [0.5, 0.6) is 0 Å². The number of hydrogen-bond acceptors (Lipinski definition) is 3. The normalized spacial score (nSPS) is 13.7. The molecule has 0 spiro atoms. The molecule has 0 aromatic rings. The van der Waals surface area contributed by atoms with Gasteiger partial charge in [0.05, 0.1) is 5.92 Å². The molecule has 0 heterocycles. The molecule has 0 saturated carbocycles. The molecular weight excluding hydrogens is 316 g/mol. The molecule has 0 aromatic carbocycles. The first-order valence-corrected chi connectivity index (χ1v) is 10.0. The van der Waals surface area contributed by atoms with E-state index in [4.69, 9.17) is 9.84 Å². The summed E-state index contributed by atoms with van der Waals surface area (Å²) in [6.45, 7) is 5.44. The Hall–Kier alpha value is -1.32. The number of carbonyl (C=O) groups excluding carboxylic acids is 1. The van der Waals surface area contributed by atoms with E-state index < -0.39 is 5.97 Å². The van der Waals surface area contributed by atoms with Gasteiger partial charge in [0.1, 0.15) is 6.10 Å². The predicted octanol–water partition coefficient (Wildman–Crippen LogP) is 5.90. The fourth-order valence-corrected chi connectivity index (χ4v) is 2.81. The van der Waals surface area contributed by atoms with Gasteiger partial charge < -0.3 is 9.84 Å². The lowest BCUT2D eigenvalue weighted by molar-refractivity contribution is -0.146. The second-order valence-electron chi connectivity index (χ2n) is 7.02. The van der Waals surface area contributed by atoms with E-state index in [1.54, 1.807) is 6.92 Å². The van der Waals surface area contributed by atoms with E-state index in [1.807, 2.05) is 0 Å². The molecule has 2 atom stereocenters. The van der Waals surface area contributed by atoms with Gasteiger partial charge in [0.15, 0.2) is 0 Å². The third kappa shape index (κ3) is 15.9. The molecule has 0 radical (unpaired) electrons. The van der Waals surface area contributed by atoms with Gasteiger partial charge in [-0.05, 0) is 32.1 Å². The second-order valence-corrected chi connectivity index (χ2v) is 7.02. The van der Waals surface area contributed by atoms with Crippen molar-refractivity contribution >= 4 is 11.9 Å². The van der Waals surface area contributed by atoms with Crippen molar-refractivity contribution in [2.45, 2.75) is 104 Å². The molecule has 4 nitrogen and oxygen atoms in total. The van der Waals surface area contributed by atoms with Crippen LogP contribution in [0, 0.1) is 5.92 Å². The molecule has 146 valence electrons. The number of ether oxygens (including phenoxy) is 1. The summed E-state index contributed by atoms with van der Waals surface area (Å²) in [6.07, 6.45) is 17.0. The highest BCUT2D eigenvalue weighted by Crippen LogP contribution is 2.14. The first-order chi connectivity index (χ1) is 12.0. The summed E-state index contributed by atoms with van der Waals surface area (Å²) in [5.74, 6) is -1.11. The van der Waals surface area contributed by atoms with Gasteiger partial charge in [-0.2, -0.15) is 0 Å². The van der Waals surface area contributed by atoms with Crippen molar-refractivity contribution in [2.24, 2.45) is 5.92 Å². The molecule has 0 bridgehead atoms. The van der Waals surface area contributed by atoms with Crippen LogP contribution in [-0.4, -0.2) is 23.1 Å². The molecule has 0 saturated heterocycles. The predicted molar refractivity (Wildman–Crippen MR) is 103 cm³/mol. The van der Waals surface area contributed by atoms with Crippen LogP contribution in [0.4, 0.5) is 0 Å². The Morgan fingerprint density at radius 1 is 0.960 bits per heavy atom. The maximum absolute atomic E-state index is 11.2. The molecule has 0 aliphatic carbocycles. The first-order valence-electron chi connectivity index (χ1n) is 10.0. The number of allylic oxidation sites excluding steroid dienone is 1. The zero-order valence-corrected chi connectivity index (χ0v) is 16.5. The number of hydrogen-bond donors (Lipinski definition) is 1. The van der Waals surface area contributed by atoms with Gasteiger partial charge in [-0.15, -0.1) is 0 Å². The Kier molecular flexibility index (Phi) is 15.3. The third-order valence-corrected chi connectivity index (χ3v) is 4.46. The van der Waals surface area contributed by atoms with Crippen LogP contribution < -0.4 is 0 Å². The molecule has 0 aromatic heterocycles. The lowest BCUT2D eigenvalue weighted by Gasteiger charge is -2.15. The number of aliphatic carboxylic acids is 1. The highest BCUT2D eigenvalue weighted by atomic mass is 16.5. The van der Waals surface area contributed by atoms with Gasteiger partial charge in [-0.3, -0.25) is 9.59 Å². The van der Waals surface area contributed by atoms with Crippen molar-refractivity contribution < 1.29 is 19.4 Å². The summed E-state index contributed by atoms with van der Waals surface area (Å²) in [7, 11) is 0. The monoisotopic (exact) mass is 354 g/mol. The van der Waals surface area contributed by atoms with E-state index in [2.05, 4.69) is 19.1 Å². The van der Waals surface area contributed by atoms with Gasteiger partial charge in [-0.25, -0.2) is 0 Å². The number of esters is 1. The van der Waals surface area contributed by atoms with Gasteiger partial charge in [0, 0.05) is 13.3 Å². The highest BCUT2D eigenvalue weighted by Gasteiger charge is 2.10. The van der Waals surface area contributed by atoms with Crippen LogP contribution in [0.25, 0.3) is 0 Å². The minimum absolute atomic E-state index is 0.0168. The number of carboxylic acids is 1. The Labute approximate surface area is 154 Å². The Bertz CT molecular complexity index is 376. The summed E-state index contributed by atoms with van der Waals surface area (Å²) < 4.78 is 5.39. The third-order valence-electron chi connectivity index (χ3n) is 4.46. The van der Waals surface area contributed by atoms with Gasteiger partial charge >= 0.3 is 11.9 Å². The minimum atomic E-state index is -0.694. The molecular formula is C21H38O4. The van der Waals surface area contributed by atoms with Crippen LogP contribution >= 0.6 is 0 Å². The Morgan fingerprint density at radius 2 is 1.60 bits per heavy atom. The fourth-order valence-electron chi connectivity index (χ4n) is 2.81. The Balaban J connectivity index is 3.75. The molecule has 0 fully saturated rings. The summed E-state index contributed by atoms with van der Waals surface area (Å²) in [4.78, 5) is 21.9. The molecule has 1 unspecified atom stereocenters. The maximum atomic E-state index is 11.2. The van der Waals surface area contributed by atoms with Crippen LogP contribution in [0.3, 0.4) is 0 Å². The standard InChI is InChI=1S/C21H38O4/c1-4-5-6-13-16-20(25-19(3)22)17-14-11-9-7-8-10-12-15-18(2)21(23)24/h11,14,18,20H,4-10,12-13,15-17H2,1-3H3,(H,23,24)/t18-,20?/m1/s1. The van der Waals surface area contributed by atoms with Crippen molar-refractivity contribution in [1.29, 1.82) is 0 Å². The molecule has 0 aliphatic rings. The molecule has 1 N–H and O–H groups in total. The summed E-state index contributed by atoms with van der Waals surface area (Å²) >= 11 is 0. The summed E-state index contributed by atoms with van der Waals surface area (Å²) in [6, 6.07) is 0. The zero-order chi connectivity index (χ0) is 18.9. The number of unbranched alkanes of at least 4 members (excludes halogenated alkanes) is 7. The molecule has 4 heteroatoms. The first kappa shape index (κ1) is 23.7. The maximum Gasteiger partial charge on any atom is 0.306 e. The fraction of sp³-hybridized carbons (Fsp3) is 0.810. The van der Waals surface area contributed by atoms with Crippen molar-refractivity contribution in [2.75, 3.05) is 0 Å². The molecule has 0 aliphatic heterocycles. The van der Waals surface area contributed by atoms with Gasteiger partial charge in [-0.1, -0.05) is 64.5 Å². The van der Waals surface area contributed by atoms with Crippen LogP contribution in [-0.2, 0) is 14.3 Å². The molecule has 0 rings (SSSR count). The Morgan fingerprint density at radius 3 is 2.24 bits per heavy atom. The van der Waals surface area contributed by atoms with E-state index in [1.165, 1.54) is 26.2 Å². The summed E-state index contributed by atoms with van der Waals surface area (Å²) in [5, 5.41) is 8.82. The largest absolute Gasteiger partial charge is 0.481 e. The quantitative estimate of drug-likeness (QED) is 0.213. The van der Waals surface area contributed by atoms with Crippen molar-refractivity contribution in [3.05, 3.63) is 12.2 Å². The van der Waals surface area contributed by atoms with Crippen molar-refractivity contribution in [1.82, 2.24) is 0 Å².